The maximum absolute atomic E-state index is 8.39. The van der Waals surface area contributed by atoms with Gasteiger partial charge in [0, 0.05) is 0 Å². The van der Waals surface area contributed by atoms with Gasteiger partial charge in [-0.3, -0.25) is 0 Å². The molecule has 4 nitrogen and oxygen atoms in total. The van der Waals surface area contributed by atoms with Gasteiger partial charge >= 0.3 is 0 Å². The summed E-state index contributed by atoms with van der Waals surface area (Å²) in [5.74, 6) is 0. The quantitative estimate of drug-likeness (QED) is 0.499. The first-order valence-electron chi connectivity index (χ1n) is 3.59. The van der Waals surface area contributed by atoms with E-state index in [-0.39, 0.29) is 26.4 Å². The van der Waals surface area contributed by atoms with Gasteiger partial charge in [0.2, 0.25) is 0 Å². The number of hydrogen-bond acceptors (Lipinski definition) is 4. The van der Waals surface area contributed by atoms with Crippen molar-refractivity contribution in [3.63, 3.8) is 0 Å². The molecular formula is C7H15O4. The summed E-state index contributed by atoms with van der Waals surface area (Å²) in [4.78, 5) is 0. The van der Waals surface area contributed by atoms with Crippen LogP contribution in [0.15, 0.2) is 0 Å². The van der Waals surface area contributed by atoms with E-state index in [9.17, 15) is 0 Å². The molecule has 0 amide bonds. The van der Waals surface area contributed by atoms with E-state index in [2.05, 4.69) is 6.92 Å². The molecule has 0 atom stereocenters. The lowest BCUT2D eigenvalue weighted by Gasteiger charge is -2.14. The molecule has 0 aliphatic rings. The summed E-state index contributed by atoms with van der Waals surface area (Å²) < 4.78 is 9.99. The molecule has 0 saturated heterocycles. The molecule has 0 aliphatic heterocycles. The lowest BCUT2D eigenvalue weighted by Crippen LogP contribution is -2.20. The van der Waals surface area contributed by atoms with E-state index in [1.165, 1.54) is 0 Å². The average molecular weight is 163 g/mol. The number of ether oxygens (including phenoxy) is 2. The minimum Gasteiger partial charge on any atom is -0.394 e. The van der Waals surface area contributed by atoms with Crippen molar-refractivity contribution >= 4 is 0 Å². The summed E-state index contributed by atoms with van der Waals surface area (Å²) in [7, 11) is 0. The topological polar surface area (TPSA) is 58.9 Å². The smallest absolute Gasteiger partial charge is 0.157 e. The van der Waals surface area contributed by atoms with Gasteiger partial charge in [-0.05, 0) is 13.3 Å². The van der Waals surface area contributed by atoms with Crippen LogP contribution in [0, 0.1) is 6.92 Å². The fourth-order valence-corrected chi connectivity index (χ4v) is 0.583. The van der Waals surface area contributed by atoms with Gasteiger partial charge in [0.05, 0.1) is 26.4 Å². The van der Waals surface area contributed by atoms with Gasteiger partial charge in [0.1, 0.15) is 0 Å². The maximum atomic E-state index is 8.39. The van der Waals surface area contributed by atoms with Crippen LogP contribution < -0.4 is 0 Å². The molecule has 0 unspecified atom stereocenters. The zero-order chi connectivity index (χ0) is 8.53. The van der Waals surface area contributed by atoms with Gasteiger partial charge in [-0.25, -0.2) is 0 Å². The summed E-state index contributed by atoms with van der Waals surface area (Å²) in [6, 6.07) is 0. The Bertz CT molecular complexity index is 68.8. The van der Waals surface area contributed by atoms with Crippen LogP contribution >= 0.6 is 0 Å². The van der Waals surface area contributed by atoms with Crippen LogP contribution in [0.4, 0.5) is 0 Å². The Morgan fingerprint density at radius 2 is 1.55 bits per heavy atom. The van der Waals surface area contributed by atoms with Crippen LogP contribution in [0.5, 0.6) is 0 Å². The predicted octanol–water partition coefficient (Wildman–Crippen LogP) is -0.446. The second kappa shape index (κ2) is 7.94. The predicted molar refractivity (Wildman–Crippen MR) is 39.8 cm³/mol. The molecule has 67 valence electrons. The van der Waals surface area contributed by atoms with Crippen molar-refractivity contribution in [2.45, 2.75) is 12.7 Å². The third-order valence-electron chi connectivity index (χ3n) is 1.03. The first kappa shape index (κ1) is 10.8. The summed E-state index contributed by atoms with van der Waals surface area (Å²) in [5.41, 5.74) is 0. The monoisotopic (exact) mass is 163 g/mol. The highest BCUT2D eigenvalue weighted by Crippen LogP contribution is 1.98. The summed E-state index contributed by atoms with van der Waals surface area (Å²) in [5, 5.41) is 16.8. The van der Waals surface area contributed by atoms with Gasteiger partial charge in [-0.15, -0.1) is 0 Å². The van der Waals surface area contributed by atoms with Crippen molar-refractivity contribution < 1.29 is 19.7 Å². The Morgan fingerprint density at radius 1 is 1.09 bits per heavy atom. The van der Waals surface area contributed by atoms with Gasteiger partial charge in [-0.2, -0.15) is 0 Å². The third kappa shape index (κ3) is 6.25. The first-order chi connectivity index (χ1) is 5.35. The van der Waals surface area contributed by atoms with E-state index in [4.69, 9.17) is 19.7 Å². The molecule has 0 aliphatic carbocycles. The highest BCUT2D eigenvalue weighted by atomic mass is 16.7. The van der Waals surface area contributed by atoms with E-state index >= 15 is 0 Å². The van der Waals surface area contributed by atoms with Crippen LogP contribution in [0.1, 0.15) is 6.42 Å². The lowest BCUT2D eigenvalue weighted by atomic mass is 10.5. The van der Waals surface area contributed by atoms with Crippen molar-refractivity contribution in [3.05, 3.63) is 6.92 Å². The molecule has 0 spiro atoms. The second-order valence-electron chi connectivity index (χ2n) is 1.91. The fourth-order valence-electron chi connectivity index (χ4n) is 0.583. The molecule has 0 aromatic rings. The molecule has 0 bridgehead atoms. The molecular weight excluding hydrogens is 148 g/mol. The summed E-state index contributed by atoms with van der Waals surface area (Å²) in [6.45, 7) is 4.00. The molecule has 11 heavy (non-hydrogen) atoms. The average Bonchev–Trinajstić information content (AvgIpc) is 2.05. The molecule has 0 rings (SSSR count). The van der Waals surface area contributed by atoms with Gasteiger partial charge in [-0.1, -0.05) is 0 Å². The van der Waals surface area contributed by atoms with Crippen molar-refractivity contribution in [2.75, 3.05) is 26.4 Å². The first-order valence-corrected chi connectivity index (χ1v) is 3.59. The minimum atomic E-state index is -0.408. The standard InChI is InChI=1S/C7H15O4/c1-2-7(10-5-3-8)11-6-4-9/h7-9H,1-6H2. The van der Waals surface area contributed by atoms with E-state index in [1.54, 1.807) is 0 Å². The van der Waals surface area contributed by atoms with Crippen molar-refractivity contribution in [3.8, 4) is 0 Å². The molecule has 1 radical (unpaired) electrons. The largest absolute Gasteiger partial charge is 0.394 e. The zero-order valence-electron chi connectivity index (χ0n) is 6.53. The van der Waals surface area contributed by atoms with E-state index in [0.29, 0.717) is 6.42 Å². The highest BCUT2D eigenvalue weighted by Gasteiger charge is 2.04. The third-order valence-corrected chi connectivity index (χ3v) is 1.03. The SMILES string of the molecule is [CH2]CC(OCCO)OCCO. The summed E-state index contributed by atoms with van der Waals surface area (Å²) >= 11 is 0. The summed E-state index contributed by atoms with van der Waals surface area (Å²) in [6.07, 6.45) is 0.0642. The van der Waals surface area contributed by atoms with Crippen molar-refractivity contribution in [1.82, 2.24) is 0 Å². The van der Waals surface area contributed by atoms with Crippen LogP contribution in [0.3, 0.4) is 0 Å². The van der Waals surface area contributed by atoms with Gasteiger partial charge in [0.25, 0.3) is 0 Å². The van der Waals surface area contributed by atoms with Crippen molar-refractivity contribution in [2.24, 2.45) is 0 Å². The molecule has 2 N–H and O–H groups in total. The normalized spacial score (nSPS) is 10.9. The van der Waals surface area contributed by atoms with Crippen LogP contribution in [0.25, 0.3) is 0 Å². The number of hydrogen-bond donors (Lipinski definition) is 2. The number of aliphatic hydroxyl groups is 2. The van der Waals surface area contributed by atoms with E-state index < -0.39 is 6.29 Å². The van der Waals surface area contributed by atoms with E-state index in [0.717, 1.165) is 0 Å². The Balaban J connectivity index is 3.25. The maximum Gasteiger partial charge on any atom is 0.157 e. The molecule has 0 heterocycles. The Morgan fingerprint density at radius 3 is 1.82 bits per heavy atom. The Hall–Kier alpha value is -0.160. The number of rotatable bonds is 7. The van der Waals surface area contributed by atoms with Crippen molar-refractivity contribution in [1.29, 1.82) is 0 Å². The highest BCUT2D eigenvalue weighted by molar-refractivity contribution is 4.46. The molecule has 0 fully saturated rings. The Labute approximate surface area is 66.7 Å². The van der Waals surface area contributed by atoms with Crippen LogP contribution in [-0.2, 0) is 9.47 Å². The number of aliphatic hydroxyl groups excluding tert-OH is 2. The van der Waals surface area contributed by atoms with Crippen LogP contribution in [-0.4, -0.2) is 42.9 Å². The zero-order valence-corrected chi connectivity index (χ0v) is 6.53. The molecule has 0 aromatic heterocycles. The molecule has 0 aromatic carbocycles. The molecule has 0 saturated carbocycles. The van der Waals surface area contributed by atoms with Crippen LogP contribution in [0.2, 0.25) is 0 Å². The Kier molecular flexibility index (Phi) is 7.83. The van der Waals surface area contributed by atoms with Gasteiger partial charge < -0.3 is 19.7 Å². The van der Waals surface area contributed by atoms with Gasteiger partial charge in [0.15, 0.2) is 6.29 Å². The molecule has 4 heteroatoms. The second-order valence-corrected chi connectivity index (χ2v) is 1.91. The minimum absolute atomic E-state index is 0.0288. The van der Waals surface area contributed by atoms with E-state index in [1.807, 2.05) is 0 Å². The fraction of sp³-hybridized carbons (Fsp3) is 0.857. The lowest BCUT2D eigenvalue weighted by molar-refractivity contribution is -0.150.